The van der Waals surface area contributed by atoms with Gasteiger partial charge in [0.1, 0.15) is 0 Å². The van der Waals surface area contributed by atoms with Crippen LogP contribution < -0.4 is 0 Å². The van der Waals surface area contributed by atoms with Crippen LogP contribution in [0.15, 0.2) is 24.3 Å². The van der Waals surface area contributed by atoms with Crippen LogP contribution in [-0.4, -0.2) is 75.0 Å². The Morgan fingerprint density at radius 1 is 1.12 bits per heavy atom. The SMILES string of the molecule is CN(C)CCCN(CCC(=O)N1CCc2ccccc2C1)S(C)(=O)=O. The van der Waals surface area contributed by atoms with Crippen LogP contribution in [0.1, 0.15) is 24.0 Å². The van der Waals surface area contributed by atoms with Gasteiger partial charge in [0.25, 0.3) is 0 Å². The first kappa shape index (κ1) is 19.9. The quantitative estimate of drug-likeness (QED) is 0.692. The third-order valence-corrected chi connectivity index (χ3v) is 5.84. The van der Waals surface area contributed by atoms with E-state index < -0.39 is 10.0 Å². The summed E-state index contributed by atoms with van der Waals surface area (Å²) in [6.07, 6.45) is 3.06. The van der Waals surface area contributed by atoms with E-state index in [0.717, 1.165) is 19.4 Å². The van der Waals surface area contributed by atoms with E-state index in [1.807, 2.05) is 36.0 Å². The Balaban J connectivity index is 1.88. The molecular formula is C18H29N3O3S. The van der Waals surface area contributed by atoms with E-state index in [4.69, 9.17) is 0 Å². The fourth-order valence-electron chi connectivity index (χ4n) is 3.09. The number of nitrogens with zero attached hydrogens (tertiary/aromatic N) is 3. The molecule has 0 N–H and O–H groups in total. The summed E-state index contributed by atoms with van der Waals surface area (Å²) in [4.78, 5) is 16.4. The van der Waals surface area contributed by atoms with Gasteiger partial charge in [-0.2, -0.15) is 0 Å². The second-order valence-electron chi connectivity index (χ2n) is 6.90. The summed E-state index contributed by atoms with van der Waals surface area (Å²) in [5, 5.41) is 0. The molecule has 140 valence electrons. The van der Waals surface area contributed by atoms with Crippen LogP contribution in [0.4, 0.5) is 0 Å². The summed E-state index contributed by atoms with van der Waals surface area (Å²) < 4.78 is 25.3. The average molecular weight is 368 g/mol. The van der Waals surface area contributed by atoms with Gasteiger partial charge in [-0.3, -0.25) is 4.79 Å². The first-order valence-electron chi connectivity index (χ1n) is 8.72. The van der Waals surface area contributed by atoms with E-state index in [0.29, 0.717) is 19.6 Å². The minimum atomic E-state index is -3.29. The lowest BCUT2D eigenvalue weighted by molar-refractivity contribution is -0.132. The van der Waals surface area contributed by atoms with Gasteiger partial charge in [0.05, 0.1) is 6.26 Å². The zero-order valence-corrected chi connectivity index (χ0v) is 16.3. The molecule has 1 aliphatic heterocycles. The summed E-state index contributed by atoms with van der Waals surface area (Å²) in [6.45, 7) is 2.85. The lowest BCUT2D eigenvalue weighted by atomic mass is 10.00. The maximum atomic E-state index is 12.5. The van der Waals surface area contributed by atoms with Gasteiger partial charge in [-0.1, -0.05) is 24.3 Å². The standard InChI is InChI=1S/C18H29N3O3S/c1-19(2)11-6-12-21(25(3,23)24)14-10-18(22)20-13-9-16-7-4-5-8-17(16)15-20/h4-5,7-8H,6,9-15H2,1-3H3. The summed E-state index contributed by atoms with van der Waals surface area (Å²) in [6, 6.07) is 8.17. The molecule has 0 radical (unpaired) electrons. The minimum absolute atomic E-state index is 0.0239. The van der Waals surface area contributed by atoms with Crippen molar-refractivity contribution in [2.75, 3.05) is 46.5 Å². The van der Waals surface area contributed by atoms with Gasteiger partial charge < -0.3 is 9.80 Å². The van der Waals surface area contributed by atoms with Crippen molar-refractivity contribution in [3.8, 4) is 0 Å². The molecular weight excluding hydrogens is 338 g/mol. The zero-order chi connectivity index (χ0) is 18.4. The summed E-state index contributed by atoms with van der Waals surface area (Å²) in [7, 11) is 0.628. The smallest absolute Gasteiger partial charge is 0.224 e. The van der Waals surface area contributed by atoms with Crippen LogP contribution in [0.3, 0.4) is 0 Å². The molecule has 0 saturated heterocycles. The van der Waals surface area contributed by atoms with Gasteiger partial charge in [-0.15, -0.1) is 0 Å². The Morgan fingerprint density at radius 2 is 1.80 bits per heavy atom. The molecule has 0 fully saturated rings. The molecule has 1 heterocycles. The van der Waals surface area contributed by atoms with Gasteiger partial charge in [-0.05, 0) is 44.6 Å². The number of carbonyl (C=O) groups is 1. The molecule has 6 nitrogen and oxygen atoms in total. The van der Waals surface area contributed by atoms with Crippen molar-refractivity contribution < 1.29 is 13.2 Å². The fourth-order valence-corrected chi connectivity index (χ4v) is 3.98. The Labute approximate surface area is 151 Å². The van der Waals surface area contributed by atoms with Crippen LogP contribution in [0.5, 0.6) is 0 Å². The van der Waals surface area contributed by atoms with Gasteiger partial charge in [0, 0.05) is 32.6 Å². The van der Waals surface area contributed by atoms with Crippen LogP contribution >= 0.6 is 0 Å². The monoisotopic (exact) mass is 367 g/mol. The number of carbonyl (C=O) groups excluding carboxylic acids is 1. The Morgan fingerprint density at radius 3 is 2.44 bits per heavy atom. The Hall–Kier alpha value is -1.44. The molecule has 1 aliphatic rings. The van der Waals surface area contributed by atoms with Crippen LogP contribution in [0.2, 0.25) is 0 Å². The van der Waals surface area contributed by atoms with Crippen molar-refractivity contribution in [2.24, 2.45) is 0 Å². The number of hydrogen-bond acceptors (Lipinski definition) is 4. The predicted octanol–water partition coefficient (Wildman–Crippen LogP) is 1.17. The maximum Gasteiger partial charge on any atom is 0.224 e. The van der Waals surface area contributed by atoms with Crippen molar-refractivity contribution in [2.45, 2.75) is 25.8 Å². The molecule has 1 aromatic carbocycles. The fraction of sp³-hybridized carbons (Fsp3) is 0.611. The third-order valence-electron chi connectivity index (χ3n) is 4.54. The minimum Gasteiger partial charge on any atom is -0.338 e. The van der Waals surface area contributed by atoms with Crippen molar-refractivity contribution >= 4 is 15.9 Å². The molecule has 1 amide bonds. The first-order chi connectivity index (χ1) is 11.8. The van der Waals surface area contributed by atoms with Crippen molar-refractivity contribution in [1.29, 1.82) is 0 Å². The Kier molecular flexibility index (Phi) is 6.98. The topological polar surface area (TPSA) is 60.9 Å². The maximum absolute atomic E-state index is 12.5. The van der Waals surface area contributed by atoms with Crippen LogP contribution in [0, 0.1) is 0 Å². The highest BCUT2D eigenvalue weighted by molar-refractivity contribution is 7.88. The molecule has 0 aliphatic carbocycles. The molecule has 0 atom stereocenters. The van der Waals surface area contributed by atoms with Gasteiger partial charge in [-0.25, -0.2) is 12.7 Å². The number of fused-ring (bicyclic) bond motifs is 1. The molecule has 0 bridgehead atoms. The number of amides is 1. The van der Waals surface area contributed by atoms with Gasteiger partial charge in [0.2, 0.25) is 15.9 Å². The van der Waals surface area contributed by atoms with E-state index in [2.05, 4.69) is 12.1 Å². The van der Waals surface area contributed by atoms with Crippen LogP contribution in [-0.2, 0) is 27.8 Å². The normalized spacial score (nSPS) is 14.8. The predicted molar refractivity (Wildman–Crippen MR) is 99.8 cm³/mol. The van der Waals surface area contributed by atoms with Crippen molar-refractivity contribution in [3.05, 3.63) is 35.4 Å². The molecule has 0 saturated carbocycles. The lowest BCUT2D eigenvalue weighted by Gasteiger charge is -2.29. The van der Waals surface area contributed by atoms with E-state index in [1.54, 1.807) is 0 Å². The highest BCUT2D eigenvalue weighted by Gasteiger charge is 2.23. The summed E-state index contributed by atoms with van der Waals surface area (Å²) in [5.41, 5.74) is 2.49. The molecule has 1 aromatic rings. The number of hydrogen-bond donors (Lipinski definition) is 0. The summed E-state index contributed by atoms with van der Waals surface area (Å²) in [5.74, 6) is 0.0239. The molecule has 0 unspecified atom stereocenters. The molecule has 0 aromatic heterocycles. The Bertz CT molecular complexity index is 689. The largest absolute Gasteiger partial charge is 0.338 e. The number of sulfonamides is 1. The second-order valence-corrected chi connectivity index (χ2v) is 8.89. The van der Waals surface area contributed by atoms with E-state index in [-0.39, 0.29) is 18.9 Å². The molecule has 7 heteroatoms. The van der Waals surface area contributed by atoms with Gasteiger partial charge >= 0.3 is 0 Å². The van der Waals surface area contributed by atoms with E-state index >= 15 is 0 Å². The molecule has 2 rings (SSSR count). The van der Waals surface area contributed by atoms with Crippen molar-refractivity contribution in [3.63, 3.8) is 0 Å². The van der Waals surface area contributed by atoms with E-state index in [9.17, 15) is 13.2 Å². The highest BCUT2D eigenvalue weighted by atomic mass is 32.2. The molecule has 0 spiro atoms. The third kappa shape index (κ3) is 6.09. The number of rotatable bonds is 8. The molecule has 25 heavy (non-hydrogen) atoms. The highest BCUT2D eigenvalue weighted by Crippen LogP contribution is 2.19. The van der Waals surface area contributed by atoms with Crippen LogP contribution in [0.25, 0.3) is 0 Å². The number of benzene rings is 1. The zero-order valence-electron chi connectivity index (χ0n) is 15.4. The second kappa shape index (κ2) is 8.78. The summed E-state index contributed by atoms with van der Waals surface area (Å²) >= 11 is 0. The lowest BCUT2D eigenvalue weighted by Crippen LogP contribution is -2.39. The van der Waals surface area contributed by atoms with Gasteiger partial charge in [0.15, 0.2) is 0 Å². The first-order valence-corrected chi connectivity index (χ1v) is 10.6. The average Bonchev–Trinajstić information content (AvgIpc) is 2.55. The van der Waals surface area contributed by atoms with E-state index in [1.165, 1.54) is 21.7 Å². The van der Waals surface area contributed by atoms with Crippen molar-refractivity contribution in [1.82, 2.24) is 14.1 Å².